The summed E-state index contributed by atoms with van der Waals surface area (Å²) in [5.74, 6) is 1.07. The van der Waals surface area contributed by atoms with E-state index in [9.17, 15) is 4.79 Å². The van der Waals surface area contributed by atoms with Gasteiger partial charge in [0.05, 0.1) is 18.0 Å². The first-order chi connectivity index (χ1) is 17.3. The number of nitrogens with zero attached hydrogens (tertiary/aromatic N) is 6. The number of imidazole rings is 1. The van der Waals surface area contributed by atoms with Crippen molar-refractivity contribution in [1.82, 2.24) is 19.0 Å². The van der Waals surface area contributed by atoms with E-state index in [0.29, 0.717) is 18.7 Å². The summed E-state index contributed by atoms with van der Waals surface area (Å²) in [6.45, 7) is 11.7. The van der Waals surface area contributed by atoms with Gasteiger partial charge in [0.15, 0.2) is 11.5 Å². The van der Waals surface area contributed by atoms with Crippen LogP contribution >= 0.6 is 0 Å². The molecule has 2 aromatic carbocycles. The number of aromatic nitrogens is 3. The molecule has 4 aromatic rings. The monoisotopic (exact) mass is 476 g/mol. The summed E-state index contributed by atoms with van der Waals surface area (Å²) >= 11 is 0. The normalized spacial score (nSPS) is 18.5. The average molecular weight is 477 g/mol. The third-order valence-corrected chi connectivity index (χ3v) is 7.19. The van der Waals surface area contributed by atoms with Crippen LogP contribution in [0.1, 0.15) is 18.9 Å². The maximum absolute atomic E-state index is 13.0. The summed E-state index contributed by atoms with van der Waals surface area (Å²) in [6, 6.07) is 16.2. The first-order valence-electron chi connectivity index (χ1n) is 12.1. The highest BCUT2D eigenvalue weighted by Crippen LogP contribution is 2.38. The van der Waals surface area contributed by atoms with E-state index in [1.54, 1.807) is 0 Å². The lowest BCUT2D eigenvalue weighted by atomic mass is 9.89. The first kappa shape index (κ1) is 22.3. The minimum Gasteiger partial charge on any atom is -0.340 e. The zero-order valence-corrected chi connectivity index (χ0v) is 20.8. The quantitative estimate of drug-likeness (QED) is 0.334. The molecule has 0 bridgehead atoms. The third kappa shape index (κ3) is 3.71. The van der Waals surface area contributed by atoms with Crippen molar-refractivity contribution in [2.75, 3.05) is 32.1 Å². The molecule has 7 heteroatoms. The highest BCUT2D eigenvalue weighted by atomic mass is 16.2. The molecule has 1 unspecified atom stereocenters. The molecule has 2 aromatic heterocycles. The molecule has 1 atom stereocenters. The smallest absolute Gasteiger partial charge is 0.227 e. The molecule has 0 N–H and O–H groups in total. The number of carbonyl (C=O) groups is 1. The van der Waals surface area contributed by atoms with E-state index in [4.69, 9.17) is 6.57 Å². The number of fused-ring (bicyclic) bond motifs is 5. The van der Waals surface area contributed by atoms with Gasteiger partial charge in [-0.05, 0) is 49.5 Å². The number of anilines is 1. The molecule has 1 amide bonds. The molecule has 1 fully saturated rings. The van der Waals surface area contributed by atoms with Crippen molar-refractivity contribution in [3.63, 3.8) is 0 Å². The fourth-order valence-corrected chi connectivity index (χ4v) is 5.78. The molecule has 180 valence electrons. The van der Waals surface area contributed by atoms with Gasteiger partial charge in [-0.25, -0.2) is 9.83 Å². The Bertz CT molecular complexity index is 1520. The lowest BCUT2D eigenvalue weighted by Crippen LogP contribution is -2.34. The highest BCUT2D eigenvalue weighted by molar-refractivity contribution is 5.96. The standard InChI is InChI=1S/C29H28N6O/c1-29(18-32(3)4)15-27(36)35(19-29)24-9-10-25-22(13-24)17-33-16-21(20-5-7-23(30-2)8-6-20)14-26(33)28-31-11-12-34(25)28/h5-14,16H,15,17-19H2,1,3-4H3. The molecule has 6 rings (SSSR count). The Morgan fingerprint density at radius 3 is 2.67 bits per heavy atom. The van der Waals surface area contributed by atoms with E-state index in [-0.39, 0.29) is 11.3 Å². The molecule has 0 spiro atoms. The van der Waals surface area contributed by atoms with Gasteiger partial charge >= 0.3 is 0 Å². The predicted molar refractivity (Wildman–Crippen MR) is 141 cm³/mol. The zero-order valence-electron chi connectivity index (χ0n) is 20.8. The van der Waals surface area contributed by atoms with E-state index in [1.165, 1.54) is 0 Å². The molecule has 2 aliphatic heterocycles. The zero-order chi connectivity index (χ0) is 25.0. The van der Waals surface area contributed by atoms with E-state index < -0.39 is 0 Å². The number of hydrogen-bond donors (Lipinski definition) is 0. The second kappa shape index (κ2) is 8.21. The molecule has 7 nitrogen and oxygen atoms in total. The molecule has 0 radical (unpaired) electrons. The van der Waals surface area contributed by atoms with Crippen LogP contribution in [0.25, 0.3) is 33.2 Å². The van der Waals surface area contributed by atoms with Crippen molar-refractivity contribution in [1.29, 1.82) is 0 Å². The lowest BCUT2D eigenvalue weighted by Gasteiger charge is -2.27. The average Bonchev–Trinajstić information content (AvgIpc) is 3.54. The van der Waals surface area contributed by atoms with Crippen molar-refractivity contribution >= 4 is 17.3 Å². The van der Waals surface area contributed by atoms with Gasteiger partial charge in [-0.15, -0.1) is 0 Å². The van der Waals surface area contributed by atoms with Gasteiger partial charge in [0.1, 0.15) is 0 Å². The molecule has 2 aliphatic rings. The second-order valence-electron chi connectivity index (χ2n) is 10.5. The number of rotatable bonds is 4. The third-order valence-electron chi connectivity index (χ3n) is 7.19. The minimum absolute atomic E-state index is 0.0593. The van der Waals surface area contributed by atoms with Gasteiger partial charge in [-0.1, -0.05) is 31.2 Å². The van der Waals surface area contributed by atoms with Gasteiger partial charge < -0.3 is 14.4 Å². The Balaban J connectivity index is 1.39. The molecule has 36 heavy (non-hydrogen) atoms. The van der Waals surface area contributed by atoms with Crippen LogP contribution in [-0.4, -0.2) is 52.1 Å². The van der Waals surface area contributed by atoms with Crippen LogP contribution in [0.3, 0.4) is 0 Å². The fraction of sp³-hybridized carbons (Fsp3) is 0.276. The van der Waals surface area contributed by atoms with Crippen LogP contribution in [-0.2, 0) is 11.3 Å². The van der Waals surface area contributed by atoms with Crippen LogP contribution in [0.15, 0.2) is 67.1 Å². The van der Waals surface area contributed by atoms with E-state index in [1.807, 2.05) is 41.6 Å². The van der Waals surface area contributed by atoms with Gasteiger partial charge in [-0.3, -0.25) is 9.36 Å². The number of benzene rings is 2. The fourth-order valence-electron chi connectivity index (χ4n) is 5.78. The molecular weight excluding hydrogens is 448 g/mol. The molecule has 0 aliphatic carbocycles. The number of amides is 1. The maximum Gasteiger partial charge on any atom is 0.227 e. The largest absolute Gasteiger partial charge is 0.340 e. The summed E-state index contributed by atoms with van der Waals surface area (Å²) in [5, 5.41) is 0. The summed E-state index contributed by atoms with van der Waals surface area (Å²) < 4.78 is 4.36. The van der Waals surface area contributed by atoms with Crippen LogP contribution < -0.4 is 4.90 Å². The van der Waals surface area contributed by atoms with Gasteiger partial charge in [0, 0.05) is 61.3 Å². The number of carbonyl (C=O) groups excluding carboxylic acids is 1. The summed E-state index contributed by atoms with van der Waals surface area (Å²) in [5.41, 5.74) is 6.95. The number of hydrogen-bond acceptors (Lipinski definition) is 3. The van der Waals surface area contributed by atoms with E-state index >= 15 is 0 Å². The Hall–Kier alpha value is -4.15. The van der Waals surface area contributed by atoms with Gasteiger partial charge in [0.25, 0.3) is 0 Å². The Labute approximate surface area is 211 Å². The summed E-state index contributed by atoms with van der Waals surface area (Å²) in [7, 11) is 4.12. The van der Waals surface area contributed by atoms with Crippen molar-refractivity contribution in [2.24, 2.45) is 5.41 Å². The Morgan fingerprint density at radius 2 is 1.92 bits per heavy atom. The van der Waals surface area contributed by atoms with Crippen LogP contribution in [0, 0.1) is 12.0 Å². The second-order valence-corrected chi connectivity index (χ2v) is 10.5. The van der Waals surface area contributed by atoms with Crippen LogP contribution in [0.4, 0.5) is 11.4 Å². The van der Waals surface area contributed by atoms with Crippen molar-refractivity contribution in [2.45, 2.75) is 19.9 Å². The predicted octanol–water partition coefficient (Wildman–Crippen LogP) is 5.22. The van der Waals surface area contributed by atoms with E-state index in [2.05, 4.69) is 75.3 Å². The van der Waals surface area contributed by atoms with Gasteiger partial charge in [-0.2, -0.15) is 0 Å². The lowest BCUT2D eigenvalue weighted by molar-refractivity contribution is -0.117. The summed E-state index contributed by atoms with van der Waals surface area (Å²) in [6.07, 6.45) is 6.54. The van der Waals surface area contributed by atoms with Crippen LogP contribution in [0.5, 0.6) is 0 Å². The Kier molecular flexibility index (Phi) is 5.09. The topological polar surface area (TPSA) is 50.7 Å². The van der Waals surface area contributed by atoms with E-state index in [0.717, 1.165) is 52.7 Å². The molecule has 1 saturated heterocycles. The SMILES string of the molecule is [C-]#[N+]c1ccc(-c2cc3n(c2)Cc2cc(N4CC(C)(CN(C)C)CC4=O)ccc2-n2ccnc2-3)cc1. The van der Waals surface area contributed by atoms with Crippen LogP contribution in [0.2, 0.25) is 0 Å². The van der Waals surface area contributed by atoms with Gasteiger partial charge in [0.2, 0.25) is 5.91 Å². The minimum atomic E-state index is -0.0593. The Morgan fingerprint density at radius 1 is 1.11 bits per heavy atom. The summed E-state index contributed by atoms with van der Waals surface area (Å²) in [4.78, 5) is 25.3. The maximum atomic E-state index is 13.0. The highest BCUT2D eigenvalue weighted by Gasteiger charge is 2.40. The van der Waals surface area contributed by atoms with Crippen molar-refractivity contribution < 1.29 is 4.79 Å². The molecular formula is C29H28N6O. The molecule has 0 saturated carbocycles. The van der Waals surface area contributed by atoms with Crippen molar-refractivity contribution in [3.8, 4) is 28.3 Å². The molecule has 4 heterocycles. The first-order valence-corrected chi connectivity index (χ1v) is 12.1. The van der Waals surface area contributed by atoms with Crippen molar-refractivity contribution in [3.05, 3.63) is 84.1 Å².